The predicted octanol–water partition coefficient (Wildman–Crippen LogP) is 3.02. The molecular weight excluding hydrogens is 362 g/mol. The third kappa shape index (κ3) is 3.30. The van der Waals surface area contributed by atoms with Crippen LogP contribution in [0.4, 0.5) is 5.82 Å². The highest BCUT2D eigenvalue weighted by atomic mass is 16.2. The third-order valence-corrected chi connectivity index (χ3v) is 7.72. The minimum Gasteiger partial charge on any atom is -0.355 e. The van der Waals surface area contributed by atoms with Gasteiger partial charge in [-0.05, 0) is 50.2 Å². The second-order valence-electron chi connectivity index (χ2n) is 9.22. The zero-order valence-electron chi connectivity index (χ0n) is 17.4. The van der Waals surface area contributed by atoms with Crippen LogP contribution in [-0.4, -0.2) is 59.5 Å². The maximum absolute atomic E-state index is 12.3. The summed E-state index contributed by atoms with van der Waals surface area (Å²) in [5, 5.41) is 9.86. The number of likely N-dealkylation sites (tertiary alicyclic amines) is 1. The molecule has 1 aromatic heterocycles. The first-order chi connectivity index (χ1) is 14.2. The number of carbonyl (C=O) groups is 1. The van der Waals surface area contributed by atoms with Crippen molar-refractivity contribution in [3.63, 3.8) is 0 Å². The van der Waals surface area contributed by atoms with Crippen LogP contribution in [0.2, 0.25) is 0 Å². The maximum Gasteiger partial charge on any atom is 0.223 e. The Hall–Kier alpha value is -2.13. The van der Waals surface area contributed by atoms with Gasteiger partial charge in [0.2, 0.25) is 5.91 Å². The largest absolute Gasteiger partial charge is 0.355 e. The van der Waals surface area contributed by atoms with Crippen molar-refractivity contribution >= 4 is 11.7 Å². The van der Waals surface area contributed by atoms with Crippen LogP contribution in [0.3, 0.4) is 0 Å². The van der Waals surface area contributed by atoms with Crippen LogP contribution < -0.4 is 4.90 Å². The monoisotopic (exact) mass is 393 g/mol. The van der Waals surface area contributed by atoms with E-state index < -0.39 is 0 Å². The van der Waals surface area contributed by atoms with Gasteiger partial charge in [-0.25, -0.2) is 4.98 Å². The van der Waals surface area contributed by atoms with E-state index in [1.807, 2.05) is 11.0 Å². The number of pyridine rings is 1. The summed E-state index contributed by atoms with van der Waals surface area (Å²) in [6.45, 7) is 3.08. The highest BCUT2D eigenvalue weighted by Crippen LogP contribution is 2.39. The highest BCUT2D eigenvalue weighted by molar-refractivity contribution is 5.78. The van der Waals surface area contributed by atoms with Crippen LogP contribution in [0.15, 0.2) is 6.07 Å². The lowest BCUT2D eigenvalue weighted by molar-refractivity contribution is -0.137. The van der Waals surface area contributed by atoms with Crippen molar-refractivity contribution < 1.29 is 4.79 Å². The highest BCUT2D eigenvalue weighted by Gasteiger charge is 2.36. The number of rotatable bonds is 3. The first kappa shape index (κ1) is 18.9. The quantitative estimate of drug-likeness (QED) is 0.790. The van der Waals surface area contributed by atoms with Gasteiger partial charge in [-0.1, -0.05) is 6.42 Å². The standard InChI is InChI=1S/C23H31N5O/c1-26(17-8-11-27(12-9-17)18-4-2-5-18)23-16(15-24)14-19-20(25-23)10-13-28-21(19)6-3-7-22(28)29/h14,17-18,21H,2-13H2,1H3. The fourth-order valence-electron chi connectivity index (χ4n) is 5.71. The zero-order valence-corrected chi connectivity index (χ0v) is 17.4. The Balaban J connectivity index is 1.37. The number of hydrogen-bond acceptors (Lipinski definition) is 5. The Bertz CT molecular complexity index is 834. The lowest BCUT2D eigenvalue weighted by Crippen LogP contribution is -2.49. The second-order valence-corrected chi connectivity index (χ2v) is 9.22. The van der Waals surface area contributed by atoms with Crippen LogP contribution in [-0.2, 0) is 11.2 Å². The van der Waals surface area contributed by atoms with E-state index in [-0.39, 0.29) is 11.9 Å². The number of nitriles is 1. The summed E-state index contributed by atoms with van der Waals surface area (Å²) < 4.78 is 0. The number of carbonyl (C=O) groups excluding carboxylic acids is 1. The molecule has 1 unspecified atom stereocenters. The Labute approximate surface area is 173 Å². The van der Waals surface area contributed by atoms with E-state index in [0.717, 1.165) is 74.9 Å². The molecule has 3 aliphatic heterocycles. The second kappa shape index (κ2) is 7.60. The molecule has 0 N–H and O–H groups in total. The molecule has 1 saturated carbocycles. The van der Waals surface area contributed by atoms with E-state index in [2.05, 4.69) is 22.9 Å². The lowest BCUT2D eigenvalue weighted by Gasteiger charge is -2.44. The topological polar surface area (TPSA) is 63.5 Å². The van der Waals surface area contributed by atoms with Crippen molar-refractivity contribution in [1.29, 1.82) is 5.26 Å². The van der Waals surface area contributed by atoms with Gasteiger partial charge >= 0.3 is 0 Å². The van der Waals surface area contributed by atoms with Crippen molar-refractivity contribution in [2.75, 3.05) is 31.6 Å². The van der Waals surface area contributed by atoms with E-state index in [1.54, 1.807) is 0 Å². The van der Waals surface area contributed by atoms with Crippen molar-refractivity contribution in [2.24, 2.45) is 0 Å². The molecule has 3 fully saturated rings. The van der Waals surface area contributed by atoms with E-state index in [1.165, 1.54) is 19.3 Å². The van der Waals surface area contributed by atoms with Crippen LogP contribution in [0, 0.1) is 11.3 Å². The molecule has 1 atom stereocenters. The lowest BCUT2D eigenvalue weighted by atomic mass is 9.88. The average molecular weight is 394 g/mol. The molecule has 29 heavy (non-hydrogen) atoms. The number of amides is 1. The number of aromatic nitrogens is 1. The van der Waals surface area contributed by atoms with Crippen molar-refractivity contribution in [3.8, 4) is 6.07 Å². The number of hydrogen-bond donors (Lipinski definition) is 0. The molecule has 154 valence electrons. The first-order valence-corrected chi connectivity index (χ1v) is 11.4. The van der Waals surface area contributed by atoms with Gasteiger partial charge in [0, 0.05) is 57.3 Å². The van der Waals surface area contributed by atoms with E-state index in [4.69, 9.17) is 4.98 Å². The van der Waals surface area contributed by atoms with Gasteiger partial charge in [-0.2, -0.15) is 5.26 Å². The molecule has 6 nitrogen and oxygen atoms in total. The summed E-state index contributed by atoms with van der Waals surface area (Å²) in [5.41, 5.74) is 2.86. The maximum atomic E-state index is 12.3. The smallest absolute Gasteiger partial charge is 0.223 e. The molecule has 2 saturated heterocycles. The van der Waals surface area contributed by atoms with Gasteiger partial charge in [-0.3, -0.25) is 4.79 Å². The van der Waals surface area contributed by atoms with Gasteiger partial charge in [-0.15, -0.1) is 0 Å². The number of nitrogens with zero attached hydrogens (tertiary/aromatic N) is 5. The fourth-order valence-corrected chi connectivity index (χ4v) is 5.71. The van der Waals surface area contributed by atoms with Gasteiger partial charge in [0.25, 0.3) is 0 Å². The molecule has 4 heterocycles. The Morgan fingerprint density at radius 3 is 2.59 bits per heavy atom. The summed E-state index contributed by atoms with van der Waals surface area (Å²) in [7, 11) is 2.11. The minimum atomic E-state index is 0.115. The van der Waals surface area contributed by atoms with Crippen molar-refractivity contribution in [2.45, 2.75) is 75.9 Å². The molecule has 1 aromatic rings. The van der Waals surface area contributed by atoms with Crippen LogP contribution in [0.25, 0.3) is 0 Å². The summed E-state index contributed by atoms with van der Waals surface area (Å²) in [5.74, 6) is 1.09. The fraction of sp³-hybridized carbons (Fsp3) is 0.696. The summed E-state index contributed by atoms with van der Waals surface area (Å²) >= 11 is 0. The van der Waals surface area contributed by atoms with Crippen LogP contribution >= 0.6 is 0 Å². The summed E-state index contributed by atoms with van der Waals surface area (Å²) in [4.78, 5) is 24.2. The Kier molecular flexibility index (Phi) is 4.95. The molecule has 5 rings (SSSR count). The van der Waals surface area contributed by atoms with E-state index in [9.17, 15) is 10.1 Å². The molecule has 1 amide bonds. The van der Waals surface area contributed by atoms with Crippen LogP contribution in [0.1, 0.15) is 74.2 Å². The molecular formula is C23H31N5O. The zero-order chi connectivity index (χ0) is 20.0. The summed E-state index contributed by atoms with van der Waals surface area (Å²) in [6, 6.07) is 5.81. The Morgan fingerprint density at radius 2 is 1.90 bits per heavy atom. The molecule has 0 radical (unpaired) electrons. The van der Waals surface area contributed by atoms with Crippen molar-refractivity contribution in [1.82, 2.24) is 14.8 Å². The van der Waals surface area contributed by atoms with Gasteiger partial charge in [0.15, 0.2) is 0 Å². The number of fused-ring (bicyclic) bond motifs is 3. The minimum absolute atomic E-state index is 0.115. The SMILES string of the molecule is CN(c1nc2c(cc1C#N)C1CCCC(=O)N1CC2)C1CCN(C2CCC2)CC1. The van der Waals surface area contributed by atoms with Crippen molar-refractivity contribution in [3.05, 3.63) is 22.9 Å². The Morgan fingerprint density at radius 1 is 1.10 bits per heavy atom. The van der Waals surface area contributed by atoms with Crippen LogP contribution in [0.5, 0.6) is 0 Å². The number of piperidine rings is 2. The summed E-state index contributed by atoms with van der Waals surface area (Å²) in [6.07, 6.45) is 9.78. The first-order valence-electron chi connectivity index (χ1n) is 11.4. The molecule has 0 spiro atoms. The molecule has 1 aliphatic carbocycles. The molecule has 4 aliphatic rings. The normalized spacial score (nSPS) is 25.7. The number of anilines is 1. The van der Waals surface area contributed by atoms with Gasteiger partial charge in [0.05, 0.1) is 11.6 Å². The molecule has 0 aromatic carbocycles. The van der Waals surface area contributed by atoms with Gasteiger partial charge < -0.3 is 14.7 Å². The predicted molar refractivity (Wildman–Crippen MR) is 112 cm³/mol. The average Bonchev–Trinajstić information content (AvgIpc) is 2.71. The van der Waals surface area contributed by atoms with E-state index >= 15 is 0 Å². The third-order valence-electron chi connectivity index (χ3n) is 7.72. The van der Waals surface area contributed by atoms with E-state index in [0.29, 0.717) is 18.0 Å². The molecule has 0 bridgehead atoms. The van der Waals surface area contributed by atoms with Gasteiger partial charge in [0.1, 0.15) is 11.9 Å². The molecule has 6 heteroatoms.